The van der Waals surface area contributed by atoms with Gasteiger partial charge in [-0.1, -0.05) is 13.0 Å². The van der Waals surface area contributed by atoms with Crippen LogP contribution in [0.4, 0.5) is 0 Å². The van der Waals surface area contributed by atoms with E-state index in [1.807, 2.05) is 36.2 Å². The Bertz CT molecular complexity index is 414. The second-order valence-electron chi connectivity index (χ2n) is 5.06. The molecule has 1 amide bonds. The average Bonchev–Trinajstić information content (AvgIpc) is 2.47. The van der Waals surface area contributed by atoms with E-state index < -0.39 is 0 Å². The number of carbonyl (C=O) groups is 1. The molecule has 128 valence electrons. The van der Waals surface area contributed by atoms with E-state index in [2.05, 4.69) is 9.88 Å². The van der Waals surface area contributed by atoms with Crippen molar-refractivity contribution in [1.29, 1.82) is 0 Å². The fraction of sp³-hybridized carbons (Fsp3) is 0.571. The fourth-order valence-corrected chi connectivity index (χ4v) is 2.26. The molecule has 0 bridgehead atoms. The predicted molar refractivity (Wildman–Crippen MR) is 96.1 cm³/mol. The number of hydrogen-bond acceptors (Lipinski definition) is 4. The van der Waals surface area contributed by atoms with E-state index in [9.17, 15) is 4.79 Å². The monoisotopic (exact) mass is 370 g/mol. The van der Waals surface area contributed by atoms with E-state index in [0.29, 0.717) is 6.54 Å². The van der Waals surface area contributed by atoms with Crippen LogP contribution in [0.1, 0.15) is 12.6 Å². The van der Waals surface area contributed by atoms with Gasteiger partial charge >= 0.3 is 0 Å². The summed E-state index contributed by atoms with van der Waals surface area (Å²) in [6.45, 7) is 6.55. The van der Waals surface area contributed by atoms with Crippen LogP contribution in [-0.2, 0) is 11.3 Å². The normalized spacial score (nSPS) is 15.8. The molecule has 1 aliphatic heterocycles. The van der Waals surface area contributed by atoms with Gasteiger partial charge in [-0.2, -0.15) is 0 Å². The summed E-state index contributed by atoms with van der Waals surface area (Å²) in [7, 11) is 0. The number of carbonyl (C=O) groups excluding carboxylic acids is 1. The van der Waals surface area contributed by atoms with Crippen LogP contribution in [-0.4, -0.2) is 53.4 Å². The molecule has 8 heteroatoms. The van der Waals surface area contributed by atoms with Crippen LogP contribution in [0, 0.1) is 5.92 Å². The van der Waals surface area contributed by atoms with Crippen molar-refractivity contribution in [2.45, 2.75) is 13.5 Å². The van der Waals surface area contributed by atoms with Gasteiger partial charge in [0.25, 0.3) is 0 Å². The van der Waals surface area contributed by atoms with Crippen molar-refractivity contribution in [2.75, 3.05) is 32.7 Å². The average molecular weight is 372 g/mol. The molecule has 1 fully saturated rings. The van der Waals surface area contributed by atoms with Gasteiger partial charge in [0.1, 0.15) is 0 Å². The van der Waals surface area contributed by atoms with Crippen LogP contribution in [0.2, 0.25) is 0 Å². The zero-order valence-electron chi connectivity index (χ0n) is 12.7. The number of nitrogens with two attached hydrogens (primary N) is 1. The SMILES string of the molecule is CC(CN)C(=O)N1CCN(Cc2ccccn2)CC1.Cl.Cl.Cl. The molecule has 22 heavy (non-hydrogen) atoms. The molecule has 0 spiro atoms. The third-order valence-corrected chi connectivity index (χ3v) is 3.57. The Hall–Kier alpha value is -0.590. The number of amides is 1. The third-order valence-electron chi connectivity index (χ3n) is 3.57. The Labute approximate surface area is 150 Å². The van der Waals surface area contributed by atoms with Crippen molar-refractivity contribution in [3.63, 3.8) is 0 Å². The lowest BCUT2D eigenvalue weighted by Crippen LogP contribution is -2.50. The first kappa shape index (κ1) is 23.7. The van der Waals surface area contributed by atoms with Gasteiger partial charge in [-0.05, 0) is 12.1 Å². The van der Waals surface area contributed by atoms with Crippen molar-refractivity contribution in [3.8, 4) is 0 Å². The third kappa shape index (κ3) is 6.67. The van der Waals surface area contributed by atoms with Gasteiger partial charge in [0.15, 0.2) is 0 Å². The largest absolute Gasteiger partial charge is 0.340 e. The number of piperazine rings is 1. The summed E-state index contributed by atoms with van der Waals surface area (Å²) in [5.41, 5.74) is 6.62. The van der Waals surface area contributed by atoms with Gasteiger partial charge in [-0.3, -0.25) is 14.7 Å². The zero-order valence-corrected chi connectivity index (χ0v) is 15.1. The number of halogens is 3. The predicted octanol–water partition coefficient (Wildman–Crippen LogP) is 1.59. The molecular weight excluding hydrogens is 347 g/mol. The molecule has 1 saturated heterocycles. The molecule has 1 aliphatic rings. The summed E-state index contributed by atoms with van der Waals surface area (Å²) in [6.07, 6.45) is 1.82. The van der Waals surface area contributed by atoms with E-state index >= 15 is 0 Å². The smallest absolute Gasteiger partial charge is 0.226 e. The minimum absolute atomic E-state index is 0. The van der Waals surface area contributed by atoms with Crippen molar-refractivity contribution in [3.05, 3.63) is 30.1 Å². The highest BCUT2D eigenvalue weighted by Crippen LogP contribution is 2.09. The first-order chi connectivity index (χ1) is 9.20. The number of pyridine rings is 1. The first-order valence-electron chi connectivity index (χ1n) is 6.82. The Morgan fingerprint density at radius 3 is 2.36 bits per heavy atom. The number of hydrogen-bond donors (Lipinski definition) is 1. The van der Waals surface area contributed by atoms with E-state index in [-0.39, 0.29) is 49.0 Å². The Kier molecular flexibility index (Phi) is 12.8. The zero-order chi connectivity index (χ0) is 13.7. The Balaban J connectivity index is 0. The summed E-state index contributed by atoms with van der Waals surface area (Å²) in [4.78, 5) is 20.6. The van der Waals surface area contributed by atoms with Crippen LogP contribution in [0.3, 0.4) is 0 Å². The summed E-state index contributed by atoms with van der Waals surface area (Å²) >= 11 is 0. The standard InChI is InChI=1S/C14H22N4O.3ClH/c1-12(10-15)14(19)18-8-6-17(7-9-18)11-13-4-2-3-5-16-13;;;/h2-5,12H,6-11,15H2,1H3;3*1H. The van der Waals surface area contributed by atoms with Gasteiger partial charge in [0, 0.05) is 51.4 Å². The molecule has 2 heterocycles. The minimum atomic E-state index is -0.0673. The first-order valence-corrected chi connectivity index (χ1v) is 6.82. The maximum absolute atomic E-state index is 12.0. The topological polar surface area (TPSA) is 62.5 Å². The lowest BCUT2D eigenvalue weighted by Gasteiger charge is -2.35. The molecule has 0 aromatic carbocycles. The van der Waals surface area contributed by atoms with Gasteiger partial charge in [-0.15, -0.1) is 37.2 Å². The van der Waals surface area contributed by atoms with Crippen LogP contribution >= 0.6 is 37.2 Å². The van der Waals surface area contributed by atoms with E-state index in [1.54, 1.807) is 0 Å². The summed E-state index contributed by atoms with van der Waals surface area (Å²) in [5.74, 6) is 0.113. The van der Waals surface area contributed by atoms with Gasteiger partial charge < -0.3 is 10.6 Å². The second kappa shape index (κ2) is 11.9. The fourth-order valence-electron chi connectivity index (χ4n) is 2.26. The van der Waals surface area contributed by atoms with Crippen LogP contribution in [0.5, 0.6) is 0 Å². The lowest BCUT2D eigenvalue weighted by molar-refractivity contribution is -0.136. The minimum Gasteiger partial charge on any atom is -0.340 e. The Morgan fingerprint density at radius 2 is 1.86 bits per heavy atom. The van der Waals surface area contributed by atoms with Crippen LogP contribution < -0.4 is 5.73 Å². The van der Waals surface area contributed by atoms with Crippen molar-refractivity contribution in [1.82, 2.24) is 14.8 Å². The lowest BCUT2D eigenvalue weighted by atomic mass is 10.1. The molecule has 2 rings (SSSR count). The van der Waals surface area contributed by atoms with Crippen LogP contribution in [0.25, 0.3) is 0 Å². The van der Waals surface area contributed by atoms with E-state index in [1.165, 1.54) is 0 Å². The summed E-state index contributed by atoms with van der Waals surface area (Å²) in [5, 5.41) is 0. The van der Waals surface area contributed by atoms with Crippen molar-refractivity contribution < 1.29 is 4.79 Å². The number of nitrogens with zero attached hydrogens (tertiary/aromatic N) is 3. The molecule has 0 saturated carbocycles. The summed E-state index contributed by atoms with van der Waals surface area (Å²) < 4.78 is 0. The second-order valence-corrected chi connectivity index (χ2v) is 5.06. The molecule has 0 radical (unpaired) electrons. The molecule has 2 N–H and O–H groups in total. The van der Waals surface area contributed by atoms with Crippen LogP contribution in [0.15, 0.2) is 24.4 Å². The molecular formula is C14H25Cl3N4O. The van der Waals surface area contributed by atoms with Gasteiger partial charge in [0.05, 0.1) is 5.69 Å². The highest BCUT2D eigenvalue weighted by molar-refractivity contribution is 5.86. The molecule has 1 atom stereocenters. The van der Waals surface area contributed by atoms with Crippen molar-refractivity contribution >= 4 is 43.1 Å². The molecule has 5 nitrogen and oxygen atoms in total. The van der Waals surface area contributed by atoms with E-state index in [0.717, 1.165) is 38.4 Å². The van der Waals surface area contributed by atoms with Gasteiger partial charge in [-0.25, -0.2) is 0 Å². The molecule has 0 aliphatic carbocycles. The molecule has 1 aromatic heterocycles. The maximum Gasteiger partial charge on any atom is 0.226 e. The Morgan fingerprint density at radius 1 is 1.23 bits per heavy atom. The van der Waals surface area contributed by atoms with E-state index in [4.69, 9.17) is 5.73 Å². The number of rotatable bonds is 4. The maximum atomic E-state index is 12.0. The quantitative estimate of drug-likeness (QED) is 0.873. The number of aromatic nitrogens is 1. The van der Waals surface area contributed by atoms with Gasteiger partial charge in [0.2, 0.25) is 5.91 Å². The highest BCUT2D eigenvalue weighted by Gasteiger charge is 2.24. The van der Waals surface area contributed by atoms with Crippen molar-refractivity contribution in [2.24, 2.45) is 11.7 Å². The highest BCUT2D eigenvalue weighted by atomic mass is 35.5. The summed E-state index contributed by atoms with van der Waals surface area (Å²) in [6, 6.07) is 5.97. The molecule has 1 aromatic rings. The molecule has 1 unspecified atom stereocenters.